The molecule has 0 aliphatic heterocycles. The van der Waals surface area contributed by atoms with Crippen molar-refractivity contribution in [2.45, 2.75) is 18.3 Å². The zero-order chi connectivity index (χ0) is 15.5. The highest BCUT2D eigenvalue weighted by atomic mass is 35.5. The number of halogens is 1. The molecule has 1 N–H and O–H groups in total. The Morgan fingerprint density at radius 3 is 2.24 bits per heavy atom. The summed E-state index contributed by atoms with van der Waals surface area (Å²) in [4.78, 5) is 0. The zero-order valence-corrected chi connectivity index (χ0v) is 13.2. The molecule has 2 aromatic carbocycles. The van der Waals surface area contributed by atoms with Crippen molar-refractivity contribution in [3.8, 4) is 0 Å². The Labute approximate surface area is 130 Å². The predicted octanol–water partition coefficient (Wildman–Crippen LogP) is 3.16. The van der Waals surface area contributed by atoms with Crippen molar-refractivity contribution in [2.75, 3.05) is 5.75 Å². The molecule has 0 saturated carbocycles. The Bertz CT molecular complexity index is 709. The molecule has 5 heteroatoms. The number of rotatable bonds is 5. The van der Waals surface area contributed by atoms with Gasteiger partial charge in [0.05, 0.1) is 11.5 Å². The third-order valence-electron chi connectivity index (χ3n) is 3.18. The smallest absolute Gasteiger partial charge is 0.157 e. The Hall–Kier alpha value is -1.36. The van der Waals surface area contributed by atoms with E-state index in [1.165, 1.54) is 6.92 Å². The molecule has 0 heterocycles. The van der Waals surface area contributed by atoms with Gasteiger partial charge in [-0.1, -0.05) is 60.1 Å². The summed E-state index contributed by atoms with van der Waals surface area (Å²) in [5.41, 5.74) is -0.401. The molecule has 0 unspecified atom stereocenters. The Morgan fingerprint density at radius 2 is 1.62 bits per heavy atom. The fourth-order valence-corrected chi connectivity index (χ4v) is 4.44. The van der Waals surface area contributed by atoms with Gasteiger partial charge < -0.3 is 5.11 Å². The van der Waals surface area contributed by atoms with E-state index in [2.05, 4.69) is 0 Å². The molecule has 0 amide bonds. The van der Waals surface area contributed by atoms with Gasteiger partial charge >= 0.3 is 0 Å². The normalized spacial score (nSPS) is 14.6. The molecule has 21 heavy (non-hydrogen) atoms. The summed E-state index contributed by atoms with van der Waals surface area (Å²) in [6, 6.07) is 15.6. The maximum absolute atomic E-state index is 12.3. The van der Waals surface area contributed by atoms with Crippen molar-refractivity contribution in [2.24, 2.45) is 0 Å². The number of benzene rings is 2. The van der Waals surface area contributed by atoms with E-state index in [0.29, 0.717) is 16.1 Å². The number of hydrogen-bond acceptors (Lipinski definition) is 3. The highest BCUT2D eigenvalue weighted by molar-refractivity contribution is 7.90. The van der Waals surface area contributed by atoms with E-state index >= 15 is 0 Å². The molecule has 1 atom stereocenters. The fourth-order valence-electron chi connectivity index (χ4n) is 2.28. The van der Waals surface area contributed by atoms with Gasteiger partial charge in [-0.25, -0.2) is 8.42 Å². The highest BCUT2D eigenvalue weighted by Gasteiger charge is 2.31. The maximum Gasteiger partial charge on any atom is 0.157 e. The molecular formula is C16H17ClO3S. The van der Waals surface area contributed by atoms with Crippen LogP contribution in [0.2, 0.25) is 5.02 Å². The molecule has 0 bridgehead atoms. The minimum absolute atomic E-state index is 0.103. The van der Waals surface area contributed by atoms with Crippen LogP contribution in [0.15, 0.2) is 54.6 Å². The fraction of sp³-hybridized carbons (Fsp3) is 0.250. The van der Waals surface area contributed by atoms with Crippen molar-refractivity contribution in [1.29, 1.82) is 0 Å². The quantitative estimate of drug-likeness (QED) is 0.919. The number of aliphatic hydroxyl groups is 1. The summed E-state index contributed by atoms with van der Waals surface area (Å²) in [7, 11) is -3.47. The lowest BCUT2D eigenvalue weighted by molar-refractivity contribution is 0.0820. The standard InChI is InChI=1S/C16H17ClO3S/c1-16(18,14-9-5-6-10-15(14)17)12-21(19,20)11-13-7-3-2-4-8-13/h2-10,18H,11-12H2,1H3/t16-/m1/s1. The minimum Gasteiger partial charge on any atom is -0.384 e. The van der Waals surface area contributed by atoms with Gasteiger partial charge in [-0.15, -0.1) is 0 Å². The van der Waals surface area contributed by atoms with Gasteiger partial charge in [0, 0.05) is 10.6 Å². The van der Waals surface area contributed by atoms with Crippen LogP contribution in [0.25, 0.3) is 0 Å². The van der Waals surface area contributed by atoms with E-state index in [1.54, 1.807) is 48.5 Å². The summed E-state index contributed by atoms with van der Waals surface area (Å²) in [6.45, 7) is 1.47. The molecule has 2 aromatic rings. The van der Waals surface area contributed by atoms with E-state index < -0.39 is 15.4 Å². The average Bonchev–Trinajstić information content (AvgIpc) is 2.38. The lowest BCUT2D eigenvalue weighted by atomic mass is 9.98. The van der Waals surface area contributed by atoms with E-state index in [-0.39, 0.29) is 11.5 Å². The van der Waals surface area contributed by atoms with Crippen LogP contribution in [0.4, 0.5) is 0 Å². The lowest BCUT2D eigenvalue weighted by Gasteiger charge is -2.24. The second-order valence-corrected chi connectivity index (χ2v) is 7.74. The van der Waals surface area contributed by atoms with Crippen LogP contribution in [0.5, 0.6) is 0 Å². The Morgan fingerprint density at radius 1 is 1.05 bits per heavy atom. The molecule has 112 valence electrons. The third kappa shape index (κ3) is 4.30. The van der Waals surface area contributed by atoms with Crippen molar-refractivity contribution in [3.63, 3.8) is 0 Å². The molecule has 0 aliphatic carbocycles. The first kappa shape index (κ1) is 16.0. The molecule has 3 nitrogen and oxygen atoms in total. The van der Waals surface area contributed by atoms with Gasteiger partial charge in [-0.05, 0) is 18.6 Å². The second-order valence-electron chi connectivity index (χ2n) is 5.27. The second kappa shape index (κ2) is 6.18. The van der Waals surface area contributed by atoms with Gasteiger partial charge in [0.2, 0.25) is 0 Å². The average molecular weight is 325 g/mol. The van der Waals surface area contributed by atoms with E-state index in [4.69, 9.17) is 11.6 Å². The molecule has 0 aliphatic rings. The minimum atomic E-state index is -3.47. The molecule has 0 aromatic heterocycles. The summed E-state index contributed by atoms with van der Waals surface area (Å²) in [6.07, 6.45) is 0. The summed E-state index contributed by atoms with van der Waals surface area (Å²) in [5, 5.41) is 10.9. The summed E-state index contributed by atoms with van der Waals surface area (Å²) < 4.78 is 24.6. The molecule has 0 spiro atoms. The first-order valence-corrected chi connectivity index (χ1v) is 8.72. The van der Waals surface area contributed by atoms with Gasteiger partial charge in [-0.3, -0.25) is 0 Å². The number of hydrogen-bond donors (Lipinski definition) is 1. The van der Waals surface area contributed by atoms with Crippen LogP contribution >= 0.6 is 11.6 Å². The first-order valence-electron chi connectivity index (χ1n) is 6.52. The number of sulfone groups is 1. The Balaban J connectivity index is 2.21. The molecule has 2 rings (SSSR count). The third-order valence-corrected chi connectivity index (χ3v) is 5.29. The van der Waals surface area contributed by atoms with Crippen LogP contribution in [0.3, 0.4) is 0 Å². The molecular weight excluding hydrogens is 308 g/mol. The SMILES string of the molecule is C[C@@](O)(CS(=O)(=O)Cc1ccccc1)c1ccccc1Cl. The largest absolute Gasteiger partial charge is 0.384 e. The van der Waals surface area contributed by atoms with Crippen LogP contribution in [0, 0.1) is 0 Å². The molecule has 0 radical (unpaired) electrons. The van der Waals surface area contributed by atoms with E-state index in [0.717, 1.165) is 0 Å². The van der Waals surface area contributed by atoms with Gasteiger partial charge in [0.1, 0.15) is 5.60 Å². The van der Waals surface area contributed by atoms with Crippen LogP contribution in [0.1, 0.15) is 18.1 Å². The van der Waals surface area contributed by atoms with Crippen molar-refractivity contribution in [3.05, 3.63) is 70.7 Å². The zero-order valence-electron chi connectivity index (χ0n) is 11.7. The summed E-state index contributed by atoms with van der Waals surface area (Å²) >= 11 is 6.04. The Kier molecular flexibility index (Phi) is 4.71. The maximum atomic E-state index is 12.3. The van der Waals surface area contributed by atoms with Crippen LogP contribution in [-0.2, 0) is 21.2 Å². The highest BCUT2D eigenvalue weighted by Crippen LogP contribution is 2.29. The molecule has 0 saturated heterocycles. The lowest BCUT2D eigenvalue weighted by Crippen LogP contribution is -2.32. The summed E-state index contributed by atoms with van der Waals surface area (Å²) in [5.74, 6) is -0.479. The van der Waals surface area contributed by atoms with Crippen LogP contribution < -0.4 is 0 Å². The van der Waals surface area contributed by atoms with Crippen molar-refractivity contribution in [1.82, 2.24) is 0 Å². The van der Waals surface area contributed by atoms with Crippen molar-refractivity contribution < 1.29 is 13.5 Å². The van der Waals surface area contributed by atoms with E-state index in [9.17, 15) is 13.5 Å². The first-order chi connectivity index (χ1) is 9.80. The monoisotopic (exact) mass is 324 g/mol. The van der Waals surface area contributed by atoms with E-state index in [1.807, 2.05) is 6.07 Å². The molecule has 0 fully saturated rings. The predicted molar refractivity (Wildman–Crippen MR) is 85.0 cm³/mol. The van der Waals surface area contributed by atoms with Gasteiger partial charge in [0.15, 0.2) is 9.84 Å². The topological polar surface area (TPSA) is 54.4 Å². The van der Waals surface area contributed by atoms with Crippen LogP contribution in [-0.4, -0.2) is 19.3 Å². The van der Waals surface area contributed by atoms with Gasteiger partial charge in [-0.2, -0.15) is 0 Å². The van der Waals surface area contributed by atoms with Gasteiger partial charge in [0.25, 0.3) is 0 Å². The van der Waals surface area contributed by atoms with Crippen molar-refractivity contribution >= 4 is 21.4 Å².